The monoisotopic (exact) mass is 414 g/mol. The molecule has 1 fully saturated rings. The summed E-state index contributed by atoms with van der Waals surface area (Å²) in [6.45, 7) is 3.73. The minimum Gasteiger partial charge on any atom is -0.507 e. The molecule has 2 aromatic heterocycles. The molecule has 1 aromatic carbocycles. The molecular weight excluding hydrogens is 400 g/mol. The van der Waals surface area contributed by atoms with Gasteiger partial charge in [0.2, 0.25) is 0 Å². The number of nitrogens with zero attached hydrogens (tertiary/aromatic N) is 2. The molecule has 0 aliphatic carbocycles. The normalized spacial score (nSPS) is 18.8. The van der Waals surface area contributed by atoms with Crippen molar-refractivity contribution < 1.29 is 19.1 Å². The van der Waals surface area contributed by atoms with Crippen LogP contribution in [0.4, 0.5) is 5.13 Å². The number of halogens is 1. The Labute approximate surface area is 169 Å². The van der Waals surface area contributed by atoms with E-state index in [4.69, 9.17) is 16.0 Å². The second-order valence-electron chi connectivity index (χ2n) is 6.33. The Kier molecular flexibility index (Phi) is 4.56. The van der Waals surface area contributed by atoms with Crippen LogP contribution in [-0.2, 0) is 9.59 Å². The number of furan rings is 1. The molecule has 1 amide bonds. The average Bonchev–Trinajstić information content (AvgIpc) is 3.36. The summed E-state index contributed by atoms with van der Waals surface area (Å²) in [7, 11) is 0. The van der Waals surface area contributed by atoms with E-state index >= 15 is 0 Å². The summed E-state index contributed by atoms with van der Waals surface area (Å²) < 4.78 is 5.50. The molecule has 1 aliphatic rings. The second-order valence-corrected chi connectivity index (χ2v) is 7.95. The number of aryl methyl sites for hydroxylation is 2. The summed E-state index contributed by atoms with van der Waals surface area (Å²) in [5.41, 5.74) is 1.11. The molecule has 142 valence electrons. The number of hydrogen-bond donors (Lipinski definition) is 1. The molecule has 1 saturated heterocycles. The van der Waals surface area contributed by atoms with Crippen LogP contribution >= 0.6 is 22.9 Å². The molecule has 0 radical (unpaired) electrons. The molecule has 1 N–H and O–H groups in total. The standard InChI is InChI=1S/C20H15ClN2O4S/c1-10-11(2)28-20(22-10)23-16(14-4-3-9-27-14)15(18(25)19(23)26)17(24)12-5-7-13(21)8-6-12/h3-9,16,24H,1-2H3/t16-/m1/s1. The number of aliphatic hydroxyl groups excluding tert-OH is 1. The second kappa shape index (κ2) is 6.92. The van der Waals surface area contributed by atoms with E-state index in [0.717, 1.165) is 10.6 Å². The Morgan fingerprint density at radius 2 is 1.93 bits per heavy atom. The molecule has 3 aromatic rings. The van der Waals surface area contributed by atoms with Gasteiger partial charge in [0.15, 0.2) is 5.13 Å². The van der Waals surface area contributed by atoms with Crippen molar-refractivity contribution in [3.8, 4) is 0 Å². The van der Waals surface area contributed by atoms with Crippen molar-refractivity contribution in [2.24, 2.45) is 0 Å². The van der Waals surface area contributed by atoms with Crippen LogP contribution in [0.3, 0.4) is 0 Å². The van der Waals surface area contributed by atoms with Gasteiger partial charge in [-0.25, -0.2) is 4.98 Å². The van der Waals surface area contributed by atoms with Crippen molar-refractivity contribution >= 4 is 45.5 Å². The van der Waals surface area contributed by atoms with Crippen molar-refractivity contribution in [2.45, 2.75) is 19.9 Å². The molecule has 0 unspecified atom stereocenters. The predicted octanol–water partition coefficient (Wildman–Crippen LogP) is 4.63. The lowest BCUT2D eigenvalue weighted by molar-refractivity contribution is -0.132. The number of benzene rings is 1. The van der Waals surface area contributed by atoms with Gasteiger partial charge in [0.05, 0.1) is 17.5 Å². The molecule has 8 heteroatoms. The Bertz CT molecular complexity index is 1080. The van der Waals surface area contributed by atoms with Gasteiger partial charge in [-0.1, -0.05) is 11.6 Å². The Morgan fingerprint density at radius 3 is 2.50 bits per heavy atom. The summed E-state index contributed by atoms with van der Waals surface area (Å²) in [5, 5.41) is 11.7. The maximum absolute atomic E-state index is 12.9. The van der Waals surface area contributed by atoms with Crippen LogP contribution < -0.4 is 4.90 Å². The average molecular weight is 415 g/mol. The van der Waals surface area contributed by atoms with Gasteiger partial charge in [0, 0.05) is 15.5 Å². The Morgan fingerprint density at radius 1 is 1.21 bits per heavy atom. The molecule has 3 heterocycles. The molecule has 6 nitrogen and oxygen atoms in total. The summed E-state index contributed by atoms with van der Waals surface area (Å²) in [4.78, 5) is 32.4. The van der Waals surface area contributed by atoms with Gasteiger partial charge in [-0.15, -0.1) is 11.3 Å². The number of anilines is 1. The van der Waals surface area contributed by atoms with Gasteiger partial charge in [0.1, 0.15) is 17.6 Å². The third-order valence-corrected chi connectivity index (χ3v) is 5.92. The zero-order valence-corrected chi connectivity index (χ0v) is 16.5. The number of carbonyl (C=O) groups excluding carboxylic acids is 2. The van der Waals surface area contributed by atoms with Crippen molar-refractivity contribution in [3.63, 3.8) is 0 Å². The summed E-state index contributed by atoms with van der Waals surface area (Å²) in [6, 6.07) is 8.78. The molecule has 0 bridgehead atoms. The summed E-state index contributed by atoms with van der Waals surface area (Å²) >= 11 is 7.22. The predicted molar refractivity (Wildman–Crippen MR) is 107 cm³/mol. The fraction of sp³-hybridized carbons (Fsp3) is 0.150. The van der Waals surface area contributed by atoms with E-state index in [2.05, 4.69) is 4.98 Å². The van der Waals surface area contributed by atoms with Crippen LogP contribution in [0.1, 0.15) is 27.9 Å². The van der Waals surface area contributed by atoms with Gasteiger partial charge in [0.25, 0.3) is 5.78 Å². The number of ketones is 1. The molecule has 4 rings (SSSR count). The lowest BCUT2D eigenvalue weighted by atomic mass is 9.99. The van der Waals surface area contributed by atoms with Gasteiger partial charge in [-0.05, 0) is 50.2 Å². The van der Waals surface area contributed by atoms with Crippen molar-refractivity contribution in [1.82, 2.24) is 4.98 Å². The molecule has 0 spiro atoms. The van der Waals surface area contributed by atoms with E-state index in [-0.39, 0.29) is 11.3 Å². The van der Waals surface area contributed by atoms with Gasteiger partial charge in [-0.2, -0.15) is 0 Å². The van der Waals surface area contributed by atoms with Gasteiger partial charge < -0.3 is 9.52 Å². The van der Waals surface area contributed by atoms with Crippen LogP contribution in [-0.4, -0.2) is 21.8 Å². The molecule has 1 atom stereocenters. The highest BCUT2D eigenvalue weighted by Crippen LogP contribution is 2.43. The third-order valence-electron chi connectivity index (χ3n) is 4.60. The van der Waals surface area contributed by atoms with Gasteiger partial charge in [-0.3, -0.25) is 14.5 Å². The first-order valence-electron chi connectivity index (χ1n) is 8.43. The van der Waals surface area contributed by atoms with Crippen LogP contribution in [0, 0.1) is 13.8 Å². The Hall–Kier alpha value is -2.90. The van der Waals surface area contributed by atoms with Crippen molar-refractivity contribution in [1.29, 1.82) is 0 Å². The largest absolute Gasteiger partial charge is 0.507 e. The van der Waals surface area contributed by atoms with E-state index in [1.807, 2.05) is 13.8 Å². The number of aliphatic hydroxyl groups is 1. The number of carbonyl (C=O) groups is 2. The zero-order valence-electron chi connectivity index (χ0n) is 15.0. The zero-order chi connectivity index (χ0) is 20.0. The highest BCUT2D eigenvalue weighted by atomic mass is 35.5. The van der Waals surface area contributed by atoms with E-state index in [1.165, 1.54) is 22.5 Å². The van der Waals surface area contributed by atoms with Crippen LogP contribution in [0.15, 0.2) is 52.7 Å². The quantitative estimate of drug-likeness (QED) is 0.383. The molecule has 1 aliphatic heterocycles. The summed E-state index contributed by atoms with van der Waals surface area (Å²) in [6.07, 6.45) is 1.45. The molecule has 28 heavy (non-hydrogen) atoms. The first kappa shape index (κ1) is 18.5. The molecule has 0 saturated carbocycles. The van der Waals surface area contributed by atoms with Crippen LogP contribution in [0.2, 0.25) is 5.02 Å². The maximum atomic E-state index is 12.9. The first-order valence-corrected chi connectivity index (χ1v) is 9.62. The van der Waals surface area contributed by atoms with E-state index in [1.54, 1.807) is 36.4 Å². The minimum absolute atomic E-state index is 0.0484. The number of thiazole rings is 1. The lowest BCUT2D eigenvalue weighted by Crippen LogP contribution is -2.29. The van der Waals surface area contributed by atoms with Gasteiger partial charge >= 0.3 is 5.91 Å². The smallest absolute Gasteiger partial charge is 0.302 e. The van der Waals surface area contributed by atoms with Crippen LogP contribution in [0.25, 0.3) is 5.76 Å². The SMILES string of the molecule is Cc1nc(N2C(=O)C(=O)C(=C(O)c3ccc(Cl)cc3)[C@H]2c2ccco2)sc1C. The van der Waals surface area contributed by atoms with E-state index in [0.29, 0.717) is 21.5 Å². The van der Waals surface area contributed by atoms with Crippen LogP contribution in [0.5, 0.6) is 0 Å². The first-order chi connectivity index (χ1) is 13.4. The molecular formula is C20H15ClN2O4S. The maximum Gasteiger partial charge on any atom is 0.302 e. The van der Waals surface area contributed by atoms with E-state index in [9.17, 15) is 14.7 Å². The third kappa shape index (κ3) is 2.93. The fourth-order valence-electron chi connectivity index (χ4n) is 3.07. The van der Waals surface area contributed by atoms with E-state index < -0.39 is 17.7 Å². The minimum atomic E-state index is -0.907. The lowest BCUT2D eigenvalue weighted by Gasteiger charge is -2.20. The van der Waals surface area contributed by atoms with Crippen molar-refractivity contribution in [2.75, 3.05) is 4.90 Å². The van der Waals surface area contributed by atoms with Crippen molar-refractivity contribution in [3.05, 3.63) is 75.2 Å². The number of Topliss-reactive ketones (excluding diaryl/α,β-unsaturated/α-hetero) is 1. The number of hydrogen-bond acceptors (Lipinski definition) is 6. The Balaban J connectivity index is 1.92. The fourth-order valence-corrected chi connectivity index (χ4v) is 4.13. The number of rotatable bonds is 3. The highest BCUT2D eigenvalue weighted by Gasteiger charge is 2.49. The summed E-state index contributed by atoms with van der Waals surface area (Å²) in [5.74, 6) is -1.48. The topological polar surface area (TPSA) is 83.6 Å². The number of amides is 1. The number of aromatic nitrogens is 1. The highest BCUT2D eigenvalue weighted by molar-refractivity contribution is 7.16.